The first kappa shape index (κ1) is 13.8. The van der Waals surface area contributed by atoms with Crippen LogP contribution in [0.2, 0.25) is 0 Å². The summed E-state index contributed by atoms with van der Waals surface area (Å²) in [6, 6.07) is 0.0149. The molecule has 1 saturated heterocycles. The van der Waals surface area contributed by atoms with E-state index in [-0.39, 0.29) is 18.2 Å². The number of nitrogens with one attached hydrogen (secondary N) is 1. The van der Waals surface area contributed by atoms with Crippen LogP contribution in [0.3, 0.4) is 0 Å². The number of hydrogen-bond acceptors (Lipinski definition) is 5. The van der Waals surface area contributed by atoms with Gasteiger partial charge in [0.15, 0.2) is 0 Å². The van der Waals surface area contributed by atoms with E-state index in [2.05, 4.69) is 10.3 Å². The lowest BCUT2D eigenvalue weighted by molar-refractivity contribution is 0.000549. The molecule has 1 N–H and O–H groups in total. The molecule has 0 unspecified atom stereocenters. The van der Waals surface area contributed by atoms with Crippen LogP contribution in [-0.4, -0.2) is 30.4 Å². The predicted molar refractivity (Wildman–Crippen MR) is 75.8 cm³/mol. The number of amides is 1. The van der Waals surface area contributed by atoms with E-state index in [1.54, 1.807) is 11.3 Å². The van der Waals surface area contributed by atoms with Gasteiger partial charge >= 0.3 is 6.09 Å². The first-order valence-electron chi connectivity index (χ1n) is 7.19. The van der Waals surface area contributed by atoms with Crippen molar-refractivity contribution in [2.45, 2.75) is 44.8 Å². The summed E-state index contributed by atoms with van der Waals surface area (Å²) in [6.45, 7) is 3.39. The monoisotopic (exact) mass is 296 g/mol. The Labute approximate surface area is 122 Å². The normalized spacial score (nSPS) is 21.4. The van der Waals surface area contributed by atoms with Gasteiger partial charge in [-0.15, -0.1) is 11.3 Å². The number of alkyl carbamates (subject to hydrolysis) is 1. The molecular weight excluding hydrogens is 276 g/mol. The highest BCUT2D eigenvalue weighted by Gasteiger charge is 2.36. The van der Waals surface area contributed by atoms with E-state index in [0.717, 1.165) is 30.7 Å². The fourth-order valence-corrected chi connectivity index (χ4v) is 3.35. The lowest BCUT2D eigenvalue weighted by atomic mass is 10.1. The molecule has 1 saturated carbocycles. The SMILES string of the molecule is Cc1cnc([C@H](NC(=O)OC2CCOCC2)C2CC2)s1. The highest BCUT2D eigenvalue weighted by Crippen LogP contribution is 2.42. The van der Waals surface area contributed by atoms with Gasteiger partial charge in [-0.1, -0.05) is 0 Å². The van der Waals surface area contributed by atoms with Crippen molar-refractivity contribution in [1.29, 1.82) is 0 Å². The fraction of sp³-hybridized carbons (Fsp3) is 0.714. The molecule has 1 atom stereocenters. The lowest BCUT2D eigenvalue weighted by Crippen LogP contribution is -2.35. The summed E-state index contributed by atoms with van der Waals surface area (Å²) in [4.78, 5) is 17.6. The quantitative estimate of drug-likeness (QED) is 0.928. The zero-order valence-corrected chi connectivity index (χ0v) is 12.4. The lowest BCUT2D eigenvalue weighted by Gasteiger charge is -2.24. The molecule has 2 fully saturated rings. The van der Waals surface area contributed by atoms with Gasteiger partial charge in [0.25, 0.3) is 0 Å². The molecule has 20 heavy (non-hydrogen) atoms. The van der Waals surface area contributed by atoms with Crippen LogP contribution in [0, 0.1) is 12.8 Å². The van der Waals surface area contributed by atoms with Gasteiger partial charge in [-0.2, -0.15) is 0 Å². The van der Waals surface area contributed by atoms with Crippen molar-refractivity contribution in [3.05, 3.63) is 16.1 Å². The van der Waals surface area contributed by atoms with Crippen LogP contribution in [0.4, 0.5) is 4.79 Å². The molecule has 1 aromatic heterocycles. The zero-order valence-electron chi connectivity index (χ0n) is 11.6. The molecule has 6 heteroatoms. The van der Waals surface area contributed by atoms with E-state index >= 15 is 0 Å². The largest absolute Gasteiger partial charge is 0.446 e. The average Bonchev–Trinajstić information content (AvgIpc) is 3.19. The third-order valence-corrected chi connectivity index (χ3v) is 4.71. The van der Waals surface area contributed by atoms with Gasteiger partial charge < -0.3 is 14.8 Å². The van der Waals surface area contributed by atoms with Crippen molar-refractivity contribution in [2.24, 2.45) is 5.92 Å². The van der Waals surface area contributed by atoms with Gasteiger partial charge in [-0.3, -0.25) is 0 Å². The van der Waals surface area contributed by atoms with Crippen LogP contribution >= 0.6 is 11.3 Å². The Kier molecular flexibility index (Phi) is 4.21. The van der Waals surface area contributed by atoms with Crippen LogP contribution in [0.5, 0.6) is 0 Å². The third-order valence-electron chi connectivity index (χ3n) is 3.71. The Morgan fingerprint density at radius 2 is 2.20 bits per heavy atom. The van der Waals surface area contributed by atoms with Gasteiger partial charge in [0.05, 0.1) is 19.3 Å². The molecular formula is C14H20N2O3S. The van der Waals surface area contributed by atoms with Gasteiger partial charge in [0.1, 0.15) is 11.1 Å². The number of hydrogen-bond donors (Lipinski definition) is 1. The van der Waals surface area contributed by atoms with E-state index < -0.39 is 0 Å². The molecule has 0 aromatic carbocycles. The van der Waals surface area contributed by atoms with Gasteiger partial charge in [0, 0.05) is 23.9 Å². The van der Waals surface area contributed by atoms with Crippen molar-refractivity contribution >= 4 is 17.4 Å². The summed E-state index contributed by atoms with van der Waals surface area (Å²) in [5.41, 5.74) is 0. The van der Waals surface area contributed by atoms with Crippen molar-refractivity contribution in [3.8, 4) is 0 Å². The molecule has 1 aliphatic carbocycles. The second-order valence-corrected chi connectivity index (χ2v) is 6.75. The molecule has 0 spiro atoms. The highest BCUT2D eigenvalue weighted by atomic mass is 32.1. The number of rotatable bonds is 4. The van der Waals surface area contributed by atoms with Crippen LogP contribution in [0.15, 0.2) is 6.20 Å². The van der Waals surface area contributed by atoms with E-state index in [9.17, 15) is 4.79 Å². The Balaban J connectivity index is 1.57. The van der Waals surface area contributed by atoms with Crippen LogP contribution in [-0.2, 0) is 9.47 Å². The standard InChI is InChI=1S/C14H20N2O3S/c1-9-8-15-13(20-9)12(10-2-3-10)16-14(17)19-11-4-6-18-7-5-11/h8,10-12H,2-7H2,1H3,(H,16,17)/t12-/m1/s1. The maximum Gasteiger partial charge on any atom is 0.407 e. The topological polar surface area (TPSA) is 60.5 Å². The Hall–Kier alpha value is -1.14. The highest BCUT2D eigenvalue weighted by molar-refractivity contribution is 7.11. The Morgan fingerprint density at radius 1 is 1.45 bits per heavy atom. The molecule has 3 rings (SSSR count). The van der Waals surface area contributed by atoms with Crippen molar-refractivity contribution < 1.29 is 14.3 Å². The second kappa shape index (κ2) is 6.10. The van der Waals surface area contributed by atoms with E-state index in [0.29, 0.717) is 19.1 Å². The van der Waals surface area contributed by atoms with Crippen LogP contribution in [0.1, 0.15) is 41.6 Å². The van der Waals surface area contributed by atoms with E-state index in [4.69, 9.17) is 9.47 Å². The summed E-state index contributed by atoms with van der Waals surface area (Å²) in [6.07, 6.45) is 5.42. The van der Waals surface area contributed by atoms with Gasteiger partial charge in [-0.05, 0) is 25.7 Å². The third kappa shape index (κ3) is 3.49. The smallest absolute Gasteiger partial charge is 0.407 e. The molecule has 2 aliphatic rings. The summed E-state index contributed by atoms with van der Waals surface area (Å²) in [7, 11) is 0. The predicted octanol–water partition coefficient (Wildman–Crippen LogP) is 2.81. The molecule has 1 aromatic rings. The second-order valence-electron chi connectivity index (χ2n) is 5.49. The molecule has 2 heterocycles. The maximum atomic E-state index is 12.0. The number of nitrogens with zero attached hydrogens (tertiary/aromatic N) is 1. The van der Waals surface area contributed by atoms with E-state index in [1.807, 2.05) is 13.1 Å². The van der Waals surface area contributed by atoms with Crippen molar-refractivity contribution in [1.82, 2.24) is 10.3 Å². The maximum absolute atomic E-state index is 12.0. The Bertz CT molecular complexity index is 467. The first-order valence-corrected chi connectivity index (χ1v) is 8.01. The number of aryl methyl sites for hydroxylation is 1. The number of thiazole rings is 1. The molecule has 5 nitrogen and oxygen atoms in total. The van der Waals surface area contributed by atoms with E-state index in [1.165, 1.54) is 4.88 Å². The number of ether oxygens (including phenoxy) is 2. The number of aromatic nitrogens is 1. The minimum atomic E-state index is -0.318. The molecule has 1 amide bonds. The minimum Gasteiger partial charge on any atom is -0.446 e. The fourth-order valence-electron chi connectivity index (χ4n) is 2.43. The summed E-state index contributed by atoms with van der Waals surface area (Å²) >= 11 is 1.65. The van der Waals surface area contributed by atoms with Crippen LogP contribution < -0.4 is 5.32 Å². The molecule has 110 valence electrons. The summed E-state index contributed by atoms with van der Waals surface area (Å²) < 4.78 is 10.7. The first-order chi connectivity index (χ1) is 9.72. The van der Waals surface area contributed by atoms with Gasteiger partial charge in [0.2, 0.25) is 0 Å². The molecule has 1 aliphatic heterocycles. The zero-order chi connectivity index (χ0) is 13.9. The minimum absolute atomic E-state index is 0.0124. The summed E-state index contributed by atoms with van der Waals surface area (Å²) in [5.74, 6) is 0.516. The van der Waals surface area contributed by atoms with Crippen LogP contribution in [0.25, 0.3) is 0 Å². The van der Waals surface area contributed by atoms with Crippen molar-refractivity contribution in [2.75, 3.05) is 13.2 Å². The Morgan fingerprint density at radius 3 is 2.80 bits per heavy atom. The number of carbonyl (C=O) groups excluding carboxylic acids is 1. The molecule has 0 bridgehead atoms. The summed E-state index contributed by atoms with van der Waals surface area (Å²) in [5, 5.41) is 4.00. The van der Waals surface area contributed by atoms with Crippen molar-refractivity contribution in [3.63, 3.8) is 0 Å². The molecule has 0 radical (unpaired) electrons. The average molecular weight is 296 g/mol. The number of carbonyl (C=O) groups is 1. The van der Waals surface area contributed by atoms with Gasteiger partial charge in [-0.25, -0.2) is 9.78 Å².